The Kier molecular flexibility index (Phi) is 3.36. The van der Waals surface area contributed by atoms with Crippen molar-refractivity contribution in [1.29, 1.82) is 0 Å². The average molecular weight is 254 g/mol. The largest absolute Gasteiger partial charge is 0.466 e. The Morgan fingerprint density at radius 2 is 2.11 bits per heavy atom. The fourth-order valence-corrected chi connectivity index (χ4v) is 1.54. The lowest BCUT2D eigenvalue weighted by Gasteiger charge is -2.18. The predicted molar refractivity (Wildman–Crippen MR) is 62.8 cm³/mol. The van der Waals surface area contributed by atoms with Crippen molar-refractivity contribution in [3.05, 3.63) is 21.9 Å². The van der Waals surface area contributed by atoms with Crippen molar-refractivity contribution in [3.63, 3.8) is 0 Å². The number of aliphatic imine (C=N–C) groups is 1. The molecule has 1 rings (SSSR count). The summed E-state index contributed by atoms with van der Waals surface area (Å²) in [4.78, 5) is 36.9. The molecule has 0 aromatic heterocycles. The number of hydrogen-bond donors (Lipinski definition) is 0. The highest BCUT2D eigenvalue weighted by molar-refractivity contribution is 6.12. The third-order valence-corrected chi connectivity index (χ3v) is 2.59. The number of nitro groups is 1. The van der Waals surface area contributed by atoms with E-state index in [1.165, 1.54) is 0 Å². The molecule has 7 heteroatoms. The van der Waals surface area contributed by atoms with Gasteiger partial charge in [0, 0.05) is 17.2 Å². The lowest BCUT2D eigenvalue weighted by atomic mass is 9.90. The first-order chi connectivity index (χ1) is 8.19. The molecule has 0 radical (unpaired) electrons. The first kappa shape index (κ1) is 14.0. The minimum Gasteiger partial charge on any atom is -0.466 e. The summed E-state index contributed by atoms with van der Waals surface area (Å²) >= 11 is 0. The summed E-state index contributed by atoms with van der Waals surface area (Å²) in [6.07, 6.45) is 1.30. The molecule has 18 heavy (non-hydrogen) atoms. The van der Waals surface area contributed by atoms with Gasteiger partial charge in [-0.1, -0.05) is 20.8 Å². The van der Waals surface area contributed by atoms with Gasteiger partial charge in [-0.3, -0.25) is 19.9 Å². The fraction of sp³-hybridized carbons (Fsp3) is 0.545. The van der Waals surface area contributed by atoms with Crippen molar-refractivity contribution in [3.8, 4) is 0 Å². The minimum absolute atomic E-state index is 0.145. The molecule has 1 unspecified atom stereocenters. The van der Waals surface area contributed by atoms with Gasteiger partial charge in [-0.15, -0.1) is 0 Å². The predicted octanol–water partition coefficient (Wildman–Crippen LogP) is 0.758. The van der Waals surface area contributed by atoms with Gasteiger partial charge in [-0.2, -0.15) is 0 Å². The maximum Gasteiger partial charge on any atom is 0.352 e. The van der Waals surface area contributed by atoms with Crippen molar-refractivity contribution in [2.45, 2.75) is 26.3 Å². The monoisotopic (exact) mass is 254 g/mol. The van der Waals surface area contributed by atoms with Crippen LogP contribution in [-0.4, -0.2) is 35.5 Å². The molecule has 0 N–H and O–H groups in total. The molecule has 1 atom stereocenters. The molecule has 1 aliphatic heterocycles. The number of carbonyl (C=O) groups excluding carboxylic acids is 2. The second-order valence-corrected chi connectivity index (χ2v) is 4.91. The summed E-state index contributed by atoms with van der Waals surface area (Å²) in [5.41, 5.74) is -2.96. The van der Waals surface area contributed by atoms with E-state index in [0.717, 1.165) is 13.2 Å². The number of hydrogen-bond acceptors (Lipinski definition) is 6. The van der Waals surface area contributed by atoms with Gasteiger partial charge in [0.2, 0.25) is 0 Å². The van der Waals surface area contributed by atoms with Crippen molar-refractivity contribution in [1.82, 2.24) is 0 Å². The molecule has 0 aliphatic carbocycles. The van der Waals surface area contributed by atoms with E-state index >= 15 is 0 Å². The third-order valence-electron chi connectivity index (χ3n) is 2.59. The second-order valence-electron chi connectivity index (χ2n) is 4.91. The average Bonchev–Trinajstić information content (AvgIpc) is 2.68. The Morgan fingerprint density at radius 1 is 1.56 bits per heavy atom. The summed E-state index contributed by atoms with van der Waals surface area (Å²) < 4.78 is 4.45. The van der Waals surface area contributed by atoms with Crippen LogP contribution in [0.15, 0.2) is 16.8 Å². The number of allylic oxidation sites excluding steroid dienone is 1. The molecule has 98 valence electrons. The highest BCUT2D eigenvalue weighted by Crippen LogP contribution is 2.33. The van der Waals surface area contributed by atoms with Gasteiger partial charge in [0.15, 0.2) is 6.29 Å². The van der Waals surface area contributed by atoms with E-state index in [2.05, 4.69) is 9.73 Å². The fourth-order valence-electron chi connectivity index (χ4n) is 1.54. The Hall–Kier alpha value is -2.05. The van der Waals surface area contributed by atoms with Crippen LogP contribution in [0.1, 0.15) is 20.8 Å². The molecule has 0 fully saturated rings. The van der Waals surface area contributed by atoms with Gasteiger partial charge in [0.1, 0.15) is 0 Å². The quantitative estimate of drug-likeness (QED) is 0.243. The van der Waals surface area contributed by atoms with Crippen molar-refractivity contribution in [2.24, 2.45) is 10.4 Å². The second kappa shape index (κ2) is 4.32. The summed E-state index contributed by atoms with van der Waals surface area (Å²) in [6.45, 7) is 5.33. The summed E-state index contributed by atoms with van der Waals surface area (Å²) in [6, 6.07) is 0. The van der Waals surface area contributed by atoms with Gasteiger partial charge in [0.25, 0.3) is 5.70 Å². The Labute approximate surface area is 104 Å². The van der Waals surface area contributed by atoms with Gasteiger partial charge in [-0.25, -0.2) is 4.79 Å². The van der Waals surface area contributed by atoms with Crippen molar-refractivity contribution >= 4 is 18.0 Å². The number of ether oxygens (including phenoxy) is 1. The maximum absolute atomic E-state index is 11.6. The first-order valence-electron chi connectivity index (χ1n) is 5.20. The smallest absolute Gasteiger partial charge is 0.352 e. The number of rotatable bonds is 3. The molecule has 0 saturated carbocycles. The minimum atomic E-state index is -2.18. The molecule has 0 aromatic rings. The summed E-state index contributed by atoms with van der Waals surface area (Å²) in [5, 5.41) is 11.0. The molecule has 0 aromatic carbocycles. The zero-order valence-corrected chi connectivity index (χ0v) is 10.6. The van der Waals surface area contributed by atoms with Crippen molar-refractivity contribution < 1.29 is 19.2 Å². The van der Waals surface area contributed by atoms with Crippen molar-refractivity contribution in [2.75, 3.05) is 7.11 Å². The Bertz CT molecular complexity index is 472. The first-order valence-corrected chi connectivity index (χ1v) is 5.20. The SMILES string of the molecule is COC(=O)C1(C=O)N=C(C(C)(C)C)C=C1[N+](=O)[O-]. The Morgan fingerprint density at radius 3 is 2.44 bits per heavy atom. The molecular formula is C11H14N2O5. The van der Waals surface area contributed by atoms with Crippen LogP contribution in [0.3, 0.4) is 0 Å². The summed E-state index contributed by atoms with van der Waals surface area (Å²) in [7, 11) is 1.05. The topological polar surface area (TPSA) is 98.9 Å². The van der Waals surface area contributed by atoms with E-state index in [1.807, 2.05) is 0 Å². The highest BCUT2D eigenvalue weighted by Gasteiger charge is 2.55. The van der Waals surface area contributed by atoms with E-state index in [4.69, 9.17) is 0 Å². The van der Waals surface area contributed by atoms with E-state index < -0.39 is 27.5 Å². The van der Waals surface area contributed by atoms with Crippen LogP contribution in [0, 0.1) is 15.5 Å². The molecule has 0 saturated heterocycles. The lowest BCUT2D eigenvalue weighted by molar-refractivity contribution is -0.430. The van der Waals surface area contributed by atoms with Gasteiger partial charge in [0.05, 0.1) is 12.0 Å². The number of carbonyl (C=O) groups is 2. The molecule has 1 heterocycles. The normalized spacial score (nSPS) is 23.1. The van der Waals surface area contributed by atoms with Crippen LogP contribution in [-0.2, 0) is 14.3 Å². The van der Waals surface area contributed by atoms with Crippen LogP contribution in [0.2, 0.25) is 0 Å². The zero-order chi connectivity index (χ0) is 14.1. The highest BCUT2D eigenvalue weighted by atomic mass is 16.6. The summed E-state index contributed by atoms with van der Waals surface area (Å²) in [5.74, 6) is -1.06. The number of aldehydes is 1. The molecule has 0 amide bonds. The van der Waals surface area contributed by atoms with Crippen LogP contribution in [0.4, 0.5) is 0 Å². The number of esters is 1. The van der Waals surface area contributed by atoms with E-state index in [0.29, 0.717) is 5.71 Å². The zero-order valence-electron chi connectivity index (χ0n) is 10.6. The standard InChI is InChI=1S/C11H14N2O5/c1-10(2,3)7-5-8(13(16)17)11(6-14,12-7)9(15)18-4/h5-6H,1-4H3. The third kappa shape index (κ3) is 2.03. The molecular weight excluding hydrogens is 240 g/mol. The molecule has 0 bridgehead atoms. The maximum atomic E-state index is 11.6. The van der Waals surface area contributed by atoms with E-state index in [-0.39, 0.29) is 6.29 Å². The molecule has 1 aliphatic rings. The Balaban J connectivity index is 3.46. The van der Waals surface area contributed by atoms with Gasteiger partial charge < -0.3 is 4.74 Å². The van der Waals surface area contributed by atoms with Crippen LogP contribution in [0.25, 0.3) is 0 Å². The number of methoxy groups -OCH3 is 1. The lowest BCUT2D eigenvalue weighted by Crippen LogP contribution is -2.42. The molecule has 7 nitrogen and oxygen atoms in total. The molecule has 0 spiro atoms. The number of nitrogens with zero attached hydrogens (tertiary/aromatic N) is 2. The van der Waals surface area contributed by atoms with Gasteiger partial charge in [-0.05, 0) is 0 Å². The van der Waals surface area contributed by atoms with E-state index in [9.17, 15) is 19.7 Å². The van der Waals surface area contributed by atoms with Crippen LogP contribution in [0.5, 0.6) is 0 Å². The van der Waals surface area contributed by atoms with Gasteiger partial charge >= 0.3 is 11.5 Å². The van der Waals surface area contributed by atoms with Crippen LogP contribution < -0.4 is 0 Å². The van der Waals surface area contributed by atoms with E-state index in [1.54, 1.807) is 20.8 Å². The van der Waals surface area contributed by atoms with Crippen LogP contribution >= 0.6 is 0 Å².